The van der Waals surface area contributed by atoms with Crippen LogP contribution in [0.5, 0.6) is 0 Å². The van der Waals surface area contributed by atoms with Crippen molar-refractivity contribution in [1.29, 1.82) is 0 Å². The van der Waals surface area contributed by atoms with E-state index in [-0.39, 0.29) is 0 Å². The molecular weight excluding hydrogens is 254 g/mol. The van der Waals surface area contributed by atoms with Crippen LogP contribution in [0.1, 0.15) is 22.5 Å². The molecule has 19 heavy (non-hydrogen) atoms. The highest BCUT2D eigenvalue weighted by Gasteiger charge is 2.04. The summed E-state index contributed by atoms with van der Waals surface area (Å²) >= 11 is 5.01. The number of nitrogens with two attached hydrogens (primary N) is 1. The number of hydrogen-bond donors (Lipinski definition) is 2. The summed E-state index contributed by atoms with van der Waals surface area (Å²) in [6, 6.07) is 9.98. The average Bonchev–Trinajstić information content (AvgIpc) is 2.32. The first kappa shape index (κ1) is 13.5. The molecule has 3 nitrogen and oxygen atoms in total. The molecule has 0 unspecified atom stereocenters. The van der Waals surface area contributed by atoms with Gasteiger partial charge < -0.3 is 11.1 Å². The van der Waals surface area contributed by atoms with E-state index in [0.29, 0.717) is 4.99 Å². The van der Waals surface area contributed by atoms with Crippen LogP contribution in [0.3, 0.4) is 0 Å². The maximum Gasteiger partial charge on any atom is 0.104 e. The monoisotopic (exact) mass is 271 g/mol. The molecule has 2 aromatic rings. The number of pyridine rings is 1. The van der Waals surface area contributed by atoms with E-state index in [1.54, 1.807) is 0 Å². The van der Waals surface area contributed by atoms with E-state index < -0.39 is 0 Å². The van der Waals surface area contributed by atoms with Gasteiger partial charge in [0, 0.05) is 16.9 Å². The van der Waals surface area contributed by atoms with Crippen molar-refractivity contribution in [2.45, 2.75) is 20.8 Å². The summed E-state index contributed by atoms with van der Waals surface area (Å²) in [7, 11) is 0. The third-order valence-corrected chi connectivity index (χ3v) is 3.22. The molecule has 0 aliphatic carbocycles. The van der Waals surface area contributed by atoms with Crippen molar-refractivity contribution in [1.82, 2.24) is 4.98 Å². The third-order valence-electron chi connectivity index (χ3n) is 3.00. The molecule has 0 amide bonds. The molecule has 1 aromatic heterocycles. The van der Waals surface area contributed by atoms with Crippen LogP contribution in [0.15, 0.2) is 30.3 Å². The number of benzene rings is 1. The molecule has 0 saturated carbocycles. The van der Waals surface area contributed by atoms with Gasteiger partial charge in [0.1, 0.15) is 4.99 Å². The fraction of sp³-hybridized carbons (Fsp3) is 0.200. The second kappa shape index (κ2) is 5.36. The predicted octanol–water partition coefficient (Wildman–Crippen LogP) is 3.38. The molecule has 1 heterocycles. The summed E-state index contributed by atoms with van der Waals surface area (Å²) in [5.41, 5.74) is 11.7. The van der Waals surface area contributed by atoms with E-state index in [1.807, 2.05) is 51.1 Å². The SMILES string of the molecule is Cc1ccc(Nc2ccc(C(N)=S)c(C)c2)c(C)n1. The van der Waals surface area contributed by atoms with E-state index in [2.05, 4.69) is 10.3 Å². The summed E-state index contributed by atoms with van der Waals surface area (Å²) in [4.78, 5) is 4.86. The van der Waals surface area contributed by atoms with Crippen molar-refractivity contribution in [2.75, 3.05) is 5.32 Å². The smallest absolute Gasteiger partial charge is 0.104 e. The second-order valence-corrected chi connectivity index (χ2v) is 5.04. The zero-order chi connectivity index (χ0) is 14.0. The van der Waals surface area contributed by atoms with Crippen LogP contribution in [0.4, 0.5) is 11.4 Å². The van der Waals surface area contributed by atoms with Gasteiger partial charge in [-0.25, -0.2) is 0 Å². The minimum Gasteiger partial charge on any atom is -0.389 e. The van der Waals surface area contributed by atoms with E-state index in [4.69, 9.17) is 18.0 Å². The highest BCUT2D eigenvalue weighted by molar-refractivity contribution is 7.80. The fourth-order valence-corrected chi connectivity index (χ4v) is 2.22. The Morgan fingerprint density at radius 3 is 2.47 bits per heavy atom. The van der Waals surface area contributed by atoms with Crippen LogP contribution < -0.4 is 11.1 Å². The Morgan fingerprint density at radius 1 is 1.16 bits per heavy atom. The van der Waals surface area contributed by atoms with E-state index in [0.717, 1.165) is 33.9 Å². The highest BCUT2D eigenvalue weighted by Crippen LogP contribution is 2.22. The van der Waals surface area contributed by atoms with Crippen LogP contribution in [-0.2, 0) is 0 Å². The van der Waals surface area contributed by atoms with Gasteiger partial charge in [0.05, 0.1) is 11.4 Å². The molecule has 4 heteroatoms. The van der Waals surface area contributed by atoms with Crippen LogP contribution in [0.2, 0.25) is 0 Å². The molecule has 0 saturated heterocycles. The minimum atomic E-state index is 0.428. The molecule has 1 aromatic carbocycles. The van der Waals surface area contributed by atoms with Crippen LogP contribution in [0.25, 0.3) is 0 Å². The first-order chi connectivity index (χ1) is 8.97. The van der Waals surface area contributed by atoms with Gasteiger partial charge in [0.25, 0.3) is 0 Å². The minimum absolute atomic E-state index is 0.428. The Balaban J connectivity index is 2.29. The number of hydrogen-bond acceptors (Lipinski definition) is 3. The summed E-state index contributed by atoms with van der Waals surface area (Å²) in [6.07, 6.45) is 0. The van der Waals surface area contributed by atoms with Crippen molar-refractivity contribution in [2.24, 2.45) is 5.73 Å². The van der Waals surface area contributed by atoms with Crippen molar-refractivity contribution in [3.05, 3.63) is 52.8 Å². The van der Waals surface area contributed by atoms with Crippen LogP contribution in [-0.4, -0.2) is 9.97 Å². The zero-order valence-electron chi connectivity index (χ0n) is 11.3. The van der Waals surface area contributed by atoms with Gasteiger partial charge in [0.15, 0.2) is 0 Å². The number of nitrogens with zero attached hydrogens (tertiary/aromatic N) is 1. The molecule has 0 radical (unpaired) electrons. The van der Waals surface area contributed by atoms with Crippen molar-refractivity contribution in [3.63, 3.8) is 0 Å². The highest BCUT2D eigenvalue weighted by atomic mass is 32.1. The van der Waals surface area contributed by atoms with E-state index in [9.17, 15) is 0 Å². The first-order valence-corrected chi connectivity index (χ1v) is 6.50. The molecular formula is C15H17N3S. The van der Waals surface area contributed by atoms with Gasteiger partial charge in [-0.05, 0) is 56.7 Å². The molecule has 3 N–H and O–H groups in total. The van der Waals surface area contributed by atoms with Gasteiger partial charge >= 0.3 is 0 Å². The quantitative estimate of drug-likeness (QED) is 0.840. The van der Waals surface area contributed by atoms with Crippen molar-refractivity contribution < 1.29 is 0 Å². The number of aromatic nitrogens is 1. The lowest BCUT2D eigenvalue weighted by molar-refractivity contribution is 1.12. The second-order valence-electron chi connectivity index (χ2n) is 4.60. The molecule has 0 atom stereocenters. The number of anilines is 2. The van der Waals surface area contributed by atoms with E-state index in [1.165, 1.54) is 0 Å². The number of aryl methyl sites for hydroxylation is 3. The molecule has 0 fully saturated rings. The molecule has 0 aliphatic rings. The third kappa shape index (κ3) is 3.09. The maximum atomic E-state index is 5.66. The van der Waals surface area contributed by atoms with Gasteiger partial charge in [0.2, 0.25) is 0 Å². The summed E-state index contributed by atoms with van der Waals surface area (Å²) in [5.74, 6) is 0. The Hall–Kier alpha value is -1.94. The number of thiocarbonyl (C=S) groups is 1. The fourth-order valence-electron chi connectivity index (χ4n) is 1.99. The molecule has 2 rings (SSSR count). The van der Waals surface area contributed by atoms with E-state index >= 15 is 0 Å². The van der Waals surface area contributed by atoms with Gasteiger partial charge in [-0.2, -0.15) is 0 Å². The van der Waals surface area contributed by atoms with Crippen LogP contribution in [0, 0.1) is 20.8 Å². The summed E-state index contributed by atoms with van der Waals surface area (Å²) < 4.78 is 0. The Labute approximate surface area is 118 Å². The lowest BCUT2D eigenvalue weighted by Gasteiger charge is -2.12. The van der Waals surface area contributed by atoms with Gasteiger partial charge in [-0.1, -0.05) is 12.2 Å². The Bertz CT molecular complexity index is 635. The Kier molecular flexibility index (Phi) is 3.81. The number of rotatable bonds is 3. The lowest BCUT2D eigenvalue weighted by atomic mass is 10.1. The number of nitrogens with one attached hydrogen (secondary N) is 1. The van der Waals surface area contributed by atoms with Crippen molar-refractivity contribution >= 4 is 28.6 Å². The maximum absolute atomic E-state index is 5.66. The zero-order valence-corrected chi connectivity index (χ0v) is 12.1. The van der Waals surface area contributed by atoms with Gasteiger partial charge in [-0.15, -0.1) is 0 Å². The van der Waals surface area contributed by atoms with Crippen molar-refractivity contribution in [3.8, 4) is 0 Å². The topological polar surface area (TPSA) is 50.9 Å². The average molecular weight is 271 g/mol. The molecule has 0 spiro atoms. The normalized spacial score (nSPS) is 10.3. The molecule has 0 aliphatic heterocycles. The predicted molar refractivity (Wildman–Crippen MR) is 84.1 cm³/mol. The lowest BCUT2D eigenvalue weighted by Crippen LogP contribution is -2.11. The Morgan fingerprint density at radius 2 is 1.89 bits per heavy atom. The summed E-state index contributed by atoms with van der Waals surface area (Å²) in [6.45, 7) is 5.98. The molecule has 98 valence electrons. The molecule has 0 bridgehead atoms. The standard InChI is InChI=1S/C15H17N3S/c1-9-8-12(5-6-13(9)15(16)19)18-14-7-4-10(2)17-11(14)3/h4-8,18H,1-3H3,(H2,16,19). The largest absolute Gasteiger partial charge is 0.389 e. The first-order valence-electron chi connectivity index (χ1n) is 6.09. The van der Waals surface area contributed by atoms with Gasteiger partial charge in [-0.3, -0.25) is 4.98 Å². The van der Waals surface area contributed by atoms with Crippen LogP contribution >= 0.6 is 12.2 Å². The summed E-state index contributed by atoms with van der Waals surface area (Å²) in [5, 5.41) is 3.36.